The van der Waals surface area contributed by atoms with Crippen molar-refractivity contribution in [3.63, 3.8) is 0 Å². The lowest BCUT2D eigenvalue weighted by molar-refractivity contribution is -0.147. The van der Waals surface area contributed by atoms with Crippen LogP contribution in [-0.2, 0) is 20.6 Å². The topological polar surface area (TPSA) is 60.9 Å². The molecule has 2 aliphatic carbocycles. The third-order valence-electron chi connectivity index (χ3n) is 7.03. The molecule has 2 bridgehead atoms. The van der Waals surface area contributed by atoms with Gasteiger partial charge in [-0.1, -0.05) is 18.2 Å². The van der Waals surface area contributed by atoms with Gasteiger partial charge >= 0.3 is 6.18 Å². The van der Waals surface area contributed by atoms with E-state index in [4.69, 9.17) is 0 Å². The highest BCUT2D eigenvalue weighted by molar-refractivity contribution is 6.08. The van der Waals surface area contributed by atoms with Crippen molar-refractivity contribution in [2.24, 2.45) is 23.7 Å². The number of hydrogen-bond acceptors (Lipinski definition) is 4. The summed E-state index contributed by atoms with van der Waals surface area (Å²) in [5, 5.41) is 0. The highest BCUT2D eigenvalue weighted by Gasteiger charge is 2.59. The molecule has 1 aromatic carbocycles. The summed E-state index contributed by atoms with van der Waals surface area (Å²) in [4.78, 5) is 42.8. The van der Waals surface area contributed by atoms with Crippen LogP contribution in [0.15, 0.2) is 36.4 Å². The number of hydrogen-bond donors (Lipinski definition) is 0. The first-order valence-corrected chi connectivity index (χ1v) is 10.5. The Morgan fingerprint density at radius 1 is 0.968 bits per heavy atom. The largest absolute Gasteiger partial charge is 0.416 e. The summed E-state index contributed by atoms with van der Waals surface area (Å²) in [5.74, 6) is -1.25. The lowest BCUT2D eigenvalue weighted by Gasteiger charge is -2.36. The zero-order valence-electron chi connectivity index (χ0n) is 16.7. The van der Waals surface area contributed by atoms with Crippen LogP contribution in [0.2, 0.25) is 0 Å². The highest BCUT2D eigenvalue weighted by Crippen LogP contribution is 2.52. The van der Waals surface area contributed by atoms with Gasteiger partial charge in [0.2, 0.25) is 17.7 Å². The number of likely N-dealkylation sites (tertiary alicyclic amines) is 1. The third kappa shape index (κ3) is 3.30. The van der Waals surface area contributed by atoms with Crippen molar-refractivity contribution in [2.45, 2.75) is 12.6 Å². The van der Waals surface area contributed by atoms with Crippen LogP contribution in [0.1, 0.15) is 12.0 Å². The molecule has 0 aromatic heterocycles. The molecule has 0 radical (unpaired) electrons. The maximum atomic E-state index is 13.0. The summed E-state index contributed by atoms with van der Waals surface area (Å²) in [5.41, 5.74) is -0.244. The number of alkyl halides is 3. The van der Waals surface area contributed by atoms with Gasteiger partial charge in [0, 0.05) is 31.9 Å². The van der Waals surface area contributed by atoms with Gasteiger partial charge in [-0.2, -0.15) is 13.2 Å². The van der Waals surface area contributed by atoms with Crippen LogP contribution in [0.4, 0.5) is 18.9 Å². The van der Waals surface area contributed by atoms with Gasteiger partial charge in [-0.15, -0.1) is 0 Å². The van der Waals surface area contributed by atoms with Crippen LogP contribution in [0.3, 0.4) is 0 Å². The van der Waals surface area contributed by atoms with Gasteiger partial charge in [0.05, 0.1) is 17.4 Å². The molecule has 0 N–H and O–H groups in total. The van der Waals surface area contributed by atoms with Crippen LogP contribution in [0.5, 0.6) is 0 Å². The molecule has 1 aromatic rings. The van der Waals surface area contributed by atoms with Crippen LogP contribution in [0.25, 0.3) is 0 Å². The van der Waals surface area contributed by atoms with Gasteiger partial charge in [0.15, 0.2) is 0 Å². The molecule has 3 amide bonds. The summed E-state index contributed by atoms with van der Waals surface area (Å²) < 4.78 is 38.9. The van der Waals surface area contributed by atoms with Crippen LogP contribution < -0.4 is 4.90 Å². The number of amides is 3. The van der Waals surface area contributed by atoms with Gasteiger partial charge < -0.3 is 9.80 Å². The number of carbonyl (C=O) groups is 3. The second-order valence-electron chi connectivity index (χ2n) is 8.68. The molecule has 5 rings (SSSR count). The van der Waals surface area contributed by atoms with Crippen molar-refractivity contribution in [3.05, 3.63) is 42.0 Å². The fourth-order valence-electron chi connectivity index (χ4n) is 5.45. The van der Waals surface area contributed by atoms with E-state index in [0.29, 0.717) is 31.9 Å². The second kappa shape index (κ2) is 7.10. The summed E-state index contributed by atoms with van der Waals surface area (Å²) in [6, 6.07) is 5.14. The number of halogens is 3. The lowest BCUT2D eigenvalue weighted by Crippen LogP contribution is -2.52. The third-order valence-corrected chi connectivity index (χ3v) is 7.03. The average Bonchev–Trinajstić information content (AvgIpc) is 3.43. The van der Waals surface area contributed by atoms with Gasteiger partial charge in [0.25, 0.3) is 0 Å². The molecule has 4 unspecified atom stereocenters. The molecule has 1 saturated carbocycles. The van der Waals surface area contributed by atoms with E-state index >= 15 is 0 Å². The quantitative estimate of drug-likeness (QED) is 0.542. The molecular weight excluding hydrogens is 411 g/mol. The van der Waals surface area contributed by atoms with Crippen molar-refractivity contribution in [1.29, 1.82) is 0 Å². The van der Waals surface area contributed by atoms with E-state index in [0.717, 1.165) is 23.5 Å². The minimum atomic E-state index is -4.41. The van der Waals surface area contributed by atoms with Gasteiger partial charge in [0.1, 0.15) is 6.54 Å². The molecule has 6 nitrogen and oxygen atoms in total. The summed E-state index contributed by atoms with van der Waals surface area (Å²) in [6.07, 6.45) is 0.451. The minimum Gasteiger partial charge on any atom is -0.368 e. The first-order chi connectivity index (χ1) is 14.7. The predicted molar refractivity (Wildman–Crippen MR) is 105 cm³/mol. The Labute approximate surface area is 177 Å². The fourth-order valence-corrected chi connectivity index (χ4v) is 5.45. The Morgan fingerprint density at radius 2 is 1.58 bits per heavy atom. The number of fused-ring (bicyclic) bond motifs is 5. The molecular formula is C22H22F3N3O3. The Hall–Kier alpha value is -2.84. The maximum Gasteiger partial charge on any atom is 0.416 e. The molecule has 2 aliphatic heterocycles. The van der Waals surface area contributed by atoms with Gasteiger partial charge in [-0.25, -0.2) is 0 Å². The Balaban J connectivity index is 1.20. The smallest absolute Gasteiger partial charge is 0.368 e. The Kier molecular flexibility index (Phi) is 4.60. The van der Waals surface area contributed by atoms with Gasteiger partial charge in [-0.3, -0.25) is 19.3 Å². The molecule has 2 saturated heterocycles. The number of allylic oxidation sites excluding steroid dienone is 2. The summed E-state index contributed by atoms with van der Waals surface area (Å²) in [7, 11) is 0. The van der Waals surface area contributed by atoms with Crippen molar-refractivity contribution >= 4 is 23.4 Å². The van der Waals surface area contributed by atoms with Crippen LogP contribution in [-0.4, -0.2) is 60.2 Å². The molecule has 0 spiro atoms. The van der Waals surface area contributed by atoms with Crippen molar-refractivity contribution in [2.75, 3.05) is 37.6 Å². The Bertz CT molecular complexity index is 938. The number of piperazine rings is 1. The number of nitrogens with zero attached hydrogens (tertiary/aromatic N) is 3. The molecule has 9 heteroatoms. The zero-order valence-corrected chi connectivity index (χ0v) is 16.7. The van der Waals surface area contributed by atoms with Crippen molar-refractivity contribution in [1.82, 2.24) is 9.80 Å². The van der Waals surface area contributed by atoms with E-state index in [1.54, 1.807) is 15.9 Å². The number of carbonyl (C=O) groups excluding carboxylic acids is 3. The number of imide groups is 1. The van der Waals surface area contributed by atoms with E-state index in [-0.39, 0.29) is 47.9 Å². The molecule has 164 valence electrons. The first kappa shape index (κ1) is 20.1. The maximum absolute atomic E-state index is 13.0. The number of benzene rings is 1. The van der Waals surface area contributed by atoms with E-state index in [2.05, 4.69) is 0 Å². The van der Waals surface area contributed by atoms with E-state index < -0.39 is 11.7 Å². The van der Waals surface area contributed by atoms with Gasteiger partial charge in [-0.05, 0) is 36.5 Å². The minimum absolute atomic E-state index is 0.0996. The molecule has 2 heterocycles. The second-order valence-corrected chi connectivity index (χ2v) is 8.68. The molecule has 31 heavy (non-hydrogen) atoms. The standard InChI is InChI=1S/C22H22F3N3O3/c23-22(24,25)15-2-1-3-16(11-15)26-6-8-27(9-7-26)17(29)12-28-20(30)18-13-4-5-14(10-13)19(18)21(28)31/h1-5,11,13-14,18-19H,6-10,12H2. The zero-order chi connectivity index (χ0) is 21.9. The number of rotatable bonds is 3. The molecule has 3 fully saturated rings. The SMILES string of the molecule is O=C(CN1C(=O)C2C3C=CC(C3)C2C1=O)N1CCN(c2cccc(C(F)(F)F)c2)CC1. The fraction of sp³-hybridized carbons (Fsp3) is 0.500. The molecule has 4 aliphatic rings. The lowest BCUT2D eigenvalue weighted by atomic mass is 9.85. The number of anilines is 1. The predicted octanol–water partition coefficient (Wildman–Crippen LogP) is 2.16. The summed E-state index contributed by atoms with van der Waals surface area (Å²) >= 11 is 0. The average molecular weight is 433 g/mol. The van der Waals surface area contributed by atoms with Crippen LogP contribution >= 0.6 is 0 Å². The monoisotopic (exact) mass is 433 g/mol. The highest BCUT2D eigenvalue weighted by atomic mass is 19.4. The first-order valence-electron chi connectivity index (χ1n) is 10.5. The van der Waals surface area contributed by atoms with Crippen molar-refractivity contribution < 1.29 is 27.6 Å². The van der Waals surface area contributed by atoms with E-state index in [1.165, 1.54) is 6.07 Å². The normalized spacial score (nSPS) is 29.8. The molecule has 4 atom stereocenters. The summed E-state index contributed by atoms with van der Waals surface area (Å²) in [6.45, 7) is 1.16. The van der Waals surface area contributed by atoms with Crippen molar-refractivity contribution in [3.8, 4) is 0 Å². The van der Waals surface area contributed by atoms with E-state index in [1.807, 2.05) is 12.2 Å². The van der Waals surface area contributed by atoms with Crippen LogP contribution in [0, 0.1) is 23.7 Å². The van der Waals surface area contributed by atoms with E-state index in [9.17, 15) is 27.6 Å². The Morgan fingerprint density at radius 3 is 2.16 bits per heavy atom.